The van der Waals surface area contributed by atoms with Crippen molar-refractivity contribution in [1.29, 1.82) is 0 Å². The second-order valence-corrected chi connectivity index (χ2v) is 3.82. The van der Waals surface area contributed by atoms with E-state index >= 15 is 0 Å². The Bertz CT molecular complexity index is 297. The third-order valence-electron chi connectivity index (χ3n) is 2.58. The zero-order chi connectivity index (χ0) is 13.1. The van der Waals surface area contributed by atoms with Gasteiger partial charge in [-0.05, 0) is 0 Å². The van der Waals surface area contributed by atoms with Crippen LogP contribution in [0.1, 0.15) is 6.42 Å². The van der Waals surface area contributed by atoms with Crippen molar-refractivity contribution in [2.45, 2.75) is 30.5 Å². The maximum Gasteiger partial charge on any atom is 0.277 e. The van der Waals surface area contributed by atoms with Crippen molar-refractivity contribution in [3.05, 3.63) is 12.7 Å². The average Bonchev–Trinajstić information content (AvgIpc) is 2.30. The van der Waals surface area contributed by atoms with Gasteiger partial charge in [-0.2, -0.15) is 0 Å². The monoisotopic (exact) mass is 247 g/mol. The quantitative estimate of drug-likeness (QED) is 0.412. The van der Waals surface area contributed by atoms with E-state index in [1.165, 1.54) is 6.08 Å². The van der Waals surface area contributed by atoms with Crippen LogP contribution in [-0.4, -0.2) is 58.5 Å². The topological polar surface area (TPSA) is 122 Å². The van der Waals surface area contributed by atoms with Crippen molar-refractivity contribution >= 4 is 5.91 Å². The van der Waals surface area contributed by atoms with Gasteiger partial charge in [0.1, 0.15) is 12.2 Å². The van der Waals surface area contributed by atoms with Crippen LogP contribution in [0.3, 0.4) is 0 Å². The molecular formula is C10H17NO6. The number of hydrogen-bond acceptors (Lipinski definition) is 6. The largest absolute Gasteiger partial charge is 0.394 e. The predicted octanol–water partition coefficient (Wildman–Crippen LogP) is -2.13. The summed E-state index contributed by atoms with van der Waals surface area (Å²) >= 11 is 0. The molecular weight excluding hydrogens is 230 g/mol. The first kappa shape index (κ1) is 14.1. The van der Waals surface area contributed by atoms with E-state index < -0.39 is 36.6 Å². The first-order valence-corrected chi connectivity index (χ1v) is 5.16. The third-order valence-corrected chi connectivity index (χ3v) is 2.58. The maximum atomic E-state index is 11.4. The van der Waals surface area contributed by atoms with E-state index in [9.17, 15) is 15.0 Å². The van der Waals surface area contributed by atoms with Crippen LogP contribution in [0.2, 0.25) is 0 Å². The lowest BCUT2D eigenvalue weighted by atomic mass is 9.95. The molecule has 1 unspecified atom stereocenters. The van der Waals surface area contributed by atoms with E-state index in [1.807, 2.05) is 0 Å². The number of amides is 1. The van der Waals surface area contributed by atoms with Gasteiger partial charge in [0.25, 0.3) is 11.7 Å². The van der Waals surface area contributed by atoms with Gasteiger partial charge in [0.05, 0.1) is 19.3 Å². The number of primary amides is 1. The predicted molar refractivity (Wildman–Crippen MR) is 56.7 cm³/mol. The molecule has 17 heavy (non-hydrogen) atoms. The molecule has 98 valence electrons. The average molecular weight is 247 g/mol. The standard InChI is InChI=1S/C10H17NO6/c1-2-3-16-10(9(11)15)4-6(13)8(14)7(5-12)17-10/h2,6-8,12-14H,1,3-5H2,(H2,11,15)/t6-,7-,8+,10?/m1/s1. The molecule has 7 nitrogen and oxygen atoms in total. The SMILES string of the molecule is C=CCOC1(C(N)=O)C[C@@H](O)[C@H](O)[C@@H](CO)O1. The van der Waals surface area contributed by atoms with Crippen molar-refractivity contribution in [3.8, 4) is 0 Å². The van der Waals surface area contributed by atoms with Gasteiger partial charge in [-0.15, -0.1) is 6.58 Å². The van der Waals surface area contributed by atoms with Gasteiger partial charge in [0.2, 0.25) is 0 Å². The fraction of sp³-hybridized carbons (Fsp3) is 0.700. The lowest BCUT2D eigenvalue weighted by molar-refractivity contribution is -0.302. The maximum absolute atomic E-state index is 11.4. The van der Waals surface area contributed by atoms with Crippen molar-refractivity contribution in [2.75, 3.05) is 13.2 Å². The molecule has 1 heterocycles. The Morgan fingerprint density at radius 1 is 1.65 bits per heavy atom. The molecule has 0 aromatic carbocycles. The second kappa shape index (κ2) is 5.56. The molecule has 0 bridgehead atoms. The molecule has 0 spiro atoms. The van der Waals surface area contributed by atoms with Gasteiger partial charge in [-0.3, -0.25) is 4.79 Å². The van der Waals surface area contributed by atoms with Crippen LogP contribution in [0.4, 0.5) is 0 Å². The van der Waals surface area contributed by atoms with E-state index in [2.05, 4.69) is 6.58 Å². The molecule has 0 aromatic heterocycles. The first-order chi connectivity index (χ1) is 7.96. The van der Waals surface area contributed by atoms with Crippen molar-refractivity contribution in [1.82, 2.24) is 0 Å². The summed E-state index contributed by atoms with van der Waals surface area (Å²) in [5, 5.41) is 28.1. The minimum atomic E-state index is -1.85. The zero-order valence-electron chi connectivity index (χ0n) is 9.28. The van der Waals surface area contributed by atoms with Gasteiger partial charge in [-0.1, -0.05) is 6.08 Å². The molecule has 1 aliphatic heterocycles. The number of carbonyl (C=O) groups is 1. The molecule has 1 rings (SSSR count). The lowest BCUT2D eigenvalue weighted by Gasteiger charge is -2.42. The van der Waals surface area contributed by atoms with Crippen LogP contribution in [-0.2, 0) is 14.3 Å². The van der Waals surface area contributed by atoms with Crippen molar-refractivity contribution in [3.63, 3.8) is 0 Å². The van der Waals surface area contributed by atoms with Gasteiger partial charge in [0, 0.05) is 6.42 Å². The molecule has 1 aliphatic rings. The van der Waals surface area contributed by atoms with E-state index in [-0.39, 0.29) is 13.0 Å². The molecule has 4 atom stereocenters. The Hall–Kier alpha value is -0.990. The van der Waals surface area contributed by atoms with Crippen LogP contribution in [0.5, 0.6) is 0 Å². The highest BCUT2D eigenvalue weighted by Crippen LogP contribution is 2.30. The van der Waals surface area contributed by atoms with Crippen LogP contribution in [0.15, 0.2) is 12.7 Å². The van der Waals surface area contributed by atoms with Crippen LogP contribution < -0.4 is 5.73 Å². The van der Waals surface area contributed by atoms with Gasteiger partial charge < -0.3 is 30.5 Å². The molecule has 0 saturated carbocycles. The number of nitrogens with two attached hydrogens (primary N) is 1. The summed E-state index contributed by atoms with van der Waals surface area (Å²) in [5.41, 5.74) is 5.17. The fourth-order valence-corrected chi connectivity index (χ4v) is 1.67. The summed E-state index contributed by atoms with van der Waals surface area (Å²) in [6, 6.07) is 0. The first-order valence-electron chi connectivity index (χ1n) is 5.16. The molecule has 1 saturated heterocycles. The molecule has 5 N–H and O–H groups in total. The van der Waals surface area contributed by atoms with Gasteiger partial charge in [-0.25, -0.2) is 0 Å². The zero-order valence-corrected chi connectivity index (χ0v) is 9.28. The molecule has 1 fully saturated rings. The minimum absolute atomic E-state index is 0.0100. The van der Waals surface area contributed by atoms with E-state index in [1.54, 1.807) is 0 Å². The summed E-state index contributed by atoms with van der Waals surface area (Å²) in [6.45, 7) is 2.84. The number of hydrogen-bond donors (Lipinski definition) is 4. The van der Waals surface area contributed by atoms with Gasteiger partial charge >= 0.3 is 0 Å². The Balaban J connectivity index is 2.90. The molecule has 1 amide bonds. The van der Waals surface area contributed by atoms with Crippen LogP contribution in [0.25, 0.3) is 0 Å². The second-order valence-electron chi connectivity index (χ2n) is 3.82. The molecule has 7 heteroatoms. The Kier molecular flexibility index (Phi) is 4.61. The van der Waals surface area contributed by atoms with Crippen molar-refractivity contribution in [2.24, 2.45) is 5.73 Å². The highest BCUT2D eigenvalue weighted by molar-refractivity contribution is 5.82. The third kappa shape index (κ3) is 2.82. The summed E-state index contributed by atoms with van der Waals surface area (Å²) in [6.07, 6.45) is -2.60. The number of rotatable bonds is 5. The smallest absolute Gasteiger partial charge is 0.277 e. The van der Waals surface area contributed by atoms with E-state index in [0.717, 1.165) is 0 Å². The Labute approximate surface area is 98.4 Å². The Morgan fingerprint density at radius 2 is 2.29 bits per heavy atom. The highest BCUT2D eigenvalue weighted by Gasteiger charge is 2.51. The van der Waals surface area contributed by atoms with Crippen molar-refractivity contribution < 1.29 is 29.6 Å². The van der Waals surface area contributed by atoms with E-state index in [0.29, 0.717) is 0 Å². The molecule has 0 aromatic rings. The summed E-state index contributed by atoms with van der Waals surface area (Å²) in [5.74, 6) is -2.77. The van der Waals surface area contributed by atoms with E-state index in [4.69, 9.17) is 20.3 Å². The summed E-state index contributed by atoms with van der Waals surface area (Å²) in [4.78, 5) is 11.4. The highest BCUT2D eigenvalue weighted by atomic mass is 16.7. The number of carbonyl (C=O) groups excluding carboxylic acids is 1. The molecule has 0 aliphatic carbocycles. The number of aliphatic hydroxyl groups is 3. The molecule has 0 radical (unpaired) electrons. The summed E-state index contributed by atoms with van der Waals surface area (Å²) < 4.78 is 10.3. The number of aliphatic hydroxyl groups excluding tert-OH is 3. The van der Waals surface area contributed by atoms with Crippen LogP contribution in [0, 0.1) is 0 Å². The lowest BCUT2D eigenvalue weighted by Crippen LogP contribution is -2.62. The van der Waals surface area contributed by atoms with Crippen LogP contribution >= 0.6 is 0 Å². The minimum Gasteiger partial charge on any atom is -0.394 e. The van der Waals surface area contributed by atoms with Gasteiger partial charge in [0.15, 0.2) is 0 Å². The fourth-order valence-electron chi connectivity index (χ4n) is 1.67. The number of ether oxygens (including phenoxy) is 2. The Morgan fingerprint density at radius 3 is 2.76 bits per heavy atom. The summed E-state index contributed by atoms with van der Waals surface area (Å²) in [7, 11) is 0. The normalized spacial score (nSPS) is 37.7.